The number of carbonyl (C=O) groups excluding carboxylic acids is 1. The van der Waals surface area contributed by atoms with E-state index in [0.29, 0.717) is 17.1 Å². The second-order valence-electron chi connectivity index (χ2n) is 5.79. The van der Waals surface area contributed by atoms with Gasteiger partial charge in [-0.15, -0.1) is 0 Å². The van der Waals surface area contributed by atoms with E-state index in [1.807, 2.05) is 30.3 Å². The van der Waals surface area contributed by atoms with Crippen LogP contribution < -0.4 is 10.1 Å². The molecular weight excluding hydrogens is 379 g/mol. The predicted molar refractivity (Wildman–Crippen MR) is 104 cm³/mol. The SMILES string of the molecule is O=C(COc1cc(F)ccc1[N+](=O)[O-])Nc1ccc(N=Nc2ccccc2)cc1. The summed E-state index contributed by atoms with van der Waals surface area (Å²) >= 11 is 0. The summed E-state index contributed by atoms with van der Waals surface area (Å²) in [6.45, 7) is -0.514. The first-order chi connectivity index (χ1) is 14.0. The molecule has 0 radical (unpaired) electrons. The maximum absolute atomic E-state index is 13.3. The van der Waals surface area contributed by atoms with Crippen LogP contribution in [0.4, 0.5) is 27.1 Å². The fourth-order valence-electron chi connectivity index (χ4n) is 2.32. The third-order valence-corrected chi connectivity index (χ3v) is 3.67. The normalized spacial score (nSPS) is 10.7. The van der Waals surface area contributed by atoms with Crippen molar-refractivity contribution in [1.82, 2.24) is 0 Å². The van der Waals surface area contributed by atoms with Gasteiger partial charge >= 0.3 is 5.69 Å². The van der Waals surface area contributed by atoms with Crippen molar-refractivity contribution >= 4 is 28.7 Å². The third kappa shape index (κ3) is 5.67. The van der Waals surface area contributed by atoms with Gasteiger partial charge in [0.2, 0.25) is 5.75 Å². The summed E-state index contributed by atoms with van der Waals surface area (Å²) in [6.07, 6.45) is 0. The van der Waals surface area contributed by atoms with E-state index >= 15 is 0 Å². The molecule has 0 bridgehead atoms. The fraction of sp³-hybridized carbons (Fsp3) is 0.0500. The van der Waals surface area contributed by atoms with Crippen molar-refractivity contribution in [2.24, 2.45) is 10.2 Å². The van der Waals surface area contributed by atoms with Gasteiger partial charge in [-0.05, 0) is 42.5 Å². The number of carbonyl (C=O) groups is 1. The molecule has 9 heteroatoms. The Morgan fingerprint density at radius 2 is 1.66 bits per heavy atom. The van der Waals surface area contributed by atoms with Crippen molar-refractivity contribution in [3.05, 3.63) is 88.7 Å². The first kappa shape index (κ1) is 19.6. The lowest BCUT2D eigenvalue weighted by molar-refractivity contribution is -0.385. The highest BCUT2D eigenvalue weighted by Crippen LogP contribution is 2.27. The predicted octanol–water partition coefficient (Wildman–Crippen LogP) is 5.17. The van der Waals surface area contributed by atoms with Gasteiger partial charge in [-0.2, -0.15) is 10.2 Å². The van der Waals surface area contributed by atoms with E-state index < -0.39 is 28.9 Å². The third-order valence-electron chi connectivity index (χ3n) is 3.67. The summed E-state index contributed by atoms with van der Waals surface area (Å²) in [7, 11) is 0. The molecule has 0 fully saturated rings. The molecule has 29 heavy (non-hydrogen) atoms. The molecule has 8 nitrogen and oxygen atoms in total. The minimum Gasteiger partial charge on any atom is -0.477 e. The highest BCUT2D eigenvalue weighted by Gasteiger charge is 2.17. The van der Waals surface area contributed by atoms with E-state index in [4.69, 9.17) is 4.74 Å². The van der Waals surface area contributed by atoms with E-state index in [9.17, 15) is 19.3 Å². The number of amides is 1. The molecule has 146 valence electrons. The number of nitrogens with zero attached hydrogens (tertiary/aromatic N) is 3. The van der Waals surface area contributed by atoms with Crippen LogP contribution in [0.15, 0.2) is 83.0 Å². The molecule has 3 aromatic carbocycles. The number of ether oxygens (including phenoxy) is 1. The summed E-state index contributed by atoms with van der Waals surface area (Å²) in [4.78, 5) is 22.2. The highest BCUT2D eigenvalue weighted by molar-refractivity contribution is 5.92. The second kappa shape index (κ2) is 9.18. The first-order valence-electron chi connectivity index (χ1n) is 8.45. The van der Waals surface area contributed by atoms with Gasteiger partial charge in [-0.25, -0.2) is 4.39 Å². The standard InChI is InChI=1S/C20H15FN4O4/c21-14-6-11-18(25(27)28)19(12-14)29-13-20(26)22-15-7-9-17(10-8-15)24-23-16-4-2-1-3-5-16/h1-12H,13H2,(H,22,26). The Morgan fingerprint density at radius 3 is 2.31 bits per heavy atom. The molecule has 0 aromatic heterocycles. The number of hydrogen-bond donors (Lipinski definition) is 1. The zero-order valence-electron chi connectivity index (χ0n) is 15.0. The van der Waals surface area contributed by atoms with Crippen LogP contribution in [0.5, 0.6) is 5.75 Å². The van der Waals surface area contributed by atoms with Gasteiger partial charge in [0.1, 0.15) is 5.82 Å². The Kier molecular flexibility index (Phi) is 6.21. The van der Waals surface area contributed by atoms with E-state index in [1.165, 1.54) is 0 Å². The molecule has 0 heterocycles. The number of benzene rings is 3. The molecule has 0 aliphatic carbocycles. The topological polar surface area (TPSA) is 106 Å². The smallest absolute Gasteiger partial charge is 0.311 e. The van der Waals surface area contributed by atoms with Crippen LogP contribution in [-0.4, -0.2) is 17.4 Å². The van der Waals surface area contributed by atoms with Crippen molar-refractivity contribution in [3.8, 4) is 5.75 Å². The monoisotopic (exact) mass is 394 g/mol. The largest absolute Gasteiger partial charge is 0.477 e. The minimum atomic E-state index is -0.713. The number of hydrogen-bond acceptors (Lipinski definition) is 6. The van der Waals surface area contributed by atoms with Crippen molar-refractivity contribution in [3.63, 3.8) is 0 Å². The Hall–Kier alpha value is -4.14. The number of anilines is 1. The highest BCUT2D eigenvalue weighted by atomic mass is 19.1. The van der Waals surface area contributed by atoms with Crippen LogP contribution in [0.25, 0.3) is 0 Å². The molecule has 0 atom stereocenters. The van der Waals surface area contributed by atoms with E-state index in [0.717, 1.165) is 18.2 Å². The first-order valence-corrected chi connectivity index (χ1v) is 8.45. The fourth-order valence-corrected chi connectivity index (χ4v) is 2.32. The Morgan fingerprint density at radius 1 is 1.00 bits per heavy atom. The van der Waals surface area contributed by atoms with Crippen LogP contribution in [0.3, 0.4) is 0 Å². The lowest BCUT2D eigenvalue weighted by Crippen LogP contribution is -2.20. The average molecular weight is 394 g/mol. The van der Waals surface area contributed by atoms with Gasteiger partial charge < -0.3 is 10.1 Å². The van der Waals surface area contributed by atoms with Crippen LogP contribution >= 0.6 is 0 Å². The van der Waals surface area contributed by atoms with Gasteiger partial charge in [-0.3, -0.25) is 14.9 Å². The quantitative estimate of drug-likeness (QED) is 0.339. The molecule has 0 aliphatic heterocycles. The summed E-state index contributed by atoms with van der Waals surface area (Å²) < 4.78 is 18.4. The second-order valence-corrected chi connectivity index (χ2v) is 5.79. The number of halogens is 1. The van der Waals surface area contributed by atoms with Crippen LogP contribution in [0, 0.1) is 15.9 Å². The zero-order valence-corrected chi connectivity index (χ0v) is 15.0. The Labute approximate surface area is 164 Å². The summed E-state index contributed by atoms with van der Waals surface area (Å²) in [5, 5.41) is 21.7. The van der Waals surface area contributed by atoms with Crippen molar-refractivity contribution in [2.75, 3.05) is 11.9 Å². The molecule has 3 rings (SSSR count). The number of azo groups is 1. The number of nitrogens with one attached hydrogen (secondary N) is 1. The van der Waals surface area contributed by atoms with Gasteiger partial charge in [0.25, 0.3) is 5.91 Å². The molecule has 1 amide bonds. The zero-order chi connectivity index (χ0) is 20.6. The van der Waals surface area contributed by atoms with Crippen LogP contribution in [-0.2, 0) is 4.79 Å². The lowest BCUT2D eigenvalue weighted by atomic mass is 10.3. The van der Waals surface area contributed by atoms with Crippen LogP contribution in [0.2, 0.25) is 0 Å². The molecule has 3 aromatic rings. The maximum atomic E-state index is 13.3. The molecule has 1 N–H and O–H groups in total. The number of nitro benzene ring substituents is 1. The minimum absolute atomic E-state index is 0.318. The summed E-state index contributed by atoms with van der Waals surface area (Å²) in [5.41, 5.74) is 1.37. The number of nitro groups is 1. The molecule has 0 unspecified atom stereocenters. The summed E-state index contributed by atoms with van der Waals surface area (Å²) in [6, 6.07) is 18.6. The molecule has 0 aliphatic rings. The van der Waals surface area contributed by atoms with Gasteiger partial charge in [-0.1, -0.05) is 18.2 Å². The van der Waals surface area contributed by atoms with Crippen molar-refractivity contribution in [1.29, 1.82) is 0 Å². The molecule has 0 spiro atoms. The Bertz CT molecular complexity index is 1040. The Balaban J connectivity index is 1.57. The van der Waals surface area contributed by atoms with Crippen LogP contribution in [0.1, 0.15) is 0 Å². The lowest BCUT2D eigenvalue weighted by Gasteiger charge is -2.08. The van der Waals surface area contributed by atoms with Crippen molar-refractivity contribution in [2.45, 2.75) is 0 Å². The van der Waals surface area contributed by atoms with E-state index in [-0.39, 0.29) is 5.75 Å². The van der Waals surface area contributed by atoms with E-state index in [2.05, 4.69) is 15.5 Å². The van der Waals surface area contributed by atoms with Gasteiger partial charge in [0.05, 0.1) is 16.3 Å². The number of rotatable bonds is 7. The maximum Gasteiger partial charge on any atom is 0.311 e. The van der Waals surface area contributed by atoms with E-state index in [1.54, 1.807) is 24.3 Å². The molecule has 0 saturated heterocycles. The average Bonchev–Trinajstić information content (AvgIpc) is 2.72. The van der Waals surface area contributed by atoms with Gasteiger partial charge in [0.15, 0.2) is 6.61 Å². The molecule has 0 saturated carbocycles. The van der Waals surface area contributed by atoms with Crippen molar-refractivity contribution < 1.29 is 18.8 Å². The summed E-state index contributed by atoms with van der Waals surface area (Å²) in [5.74, 6) is -1.57. The van der Waals surface area contributed by atoms with Gasteiger partial charge in [0, 0.05) is 17.8 Å². The molecular formula is C20H15FN4O4.